The largest absolute Gasteiger partial charge is 0.481 e. The third-order valence-corrected chi connectivity index (χ3v) is 2.84. The highest BCUT2D eigenvalue weighted by Crippen LogP contribution is 2.17. The Balaban J connectivity index is 0.000000172. The van der Waals surface area contributed by atoms with Crippen LogP contribution in [0.2, 0.25) is 0 Å². The van der Waals surface area contributed by atoms with Crippen molar-refractivity contribution in [3.8, 4) is 0 Å². The molecule has 0 atom stereocenters. The lowest BCUT2D eigenvalue weighted by atomic mass is 10.1. The van der Waals surface area contributed by atoms with E-state index in [1.807, 2.05) is 34.9 Å². The monoisotopic (exact) mass is 303 g/mol. The number of hydrogen-bond acceptors (Lipinski definition) is 4. The maximum Gasteiger partial charge on any atom is 0.328 e. The summed E-state index contributed by atoms with van der Waals surface area (Å²) in [5.41, 5.74) is 1.82. The number of fused-ring (bicyclic) bond motifs is 1. The highest BCUT2D eigenvalue weighted by molar-refractivity contribution is 6.14. The van der Waals surface area contributed by atoms with E-state index in [4.69, 9.17) is 5.11 Å². The molecule has 8 heteroatoms. The number of rotatable bonds is 2. The Hall–Kier alpha value is -3.16. The average Bonchev–Trinajstić information content (AvgIpc) is 2.81. The van der Waals surface area contributed by atoms with Crippen LogP contribution in [0.3, 0.4) is 0 Å². The van der Waals surface area contributed by atoms with E-state index in [2.05, 4.69) is 4.98 Å². The minimum absolute atomic E-state index is 0.0734. The van der Waals surface area contributed by atoms with E-state index in [9.17, 15) is 19.2 Å². The van der Waals surface area contributed by atoms with E-state index in [0.717, 1.165) is 16.5 Å². The van der Waals surface area contributed by atoms with Gasteiger partial charge in [-0.3, -0.25) is 25.0 Å². The van der Waals surface area contributed by atoms with Crippen LogP contribution in [0.15, 0.2) is 30.5 Å². The Bertz CT molecular complexity index is 704. The summed E-state index contributed by atoms with van der Waals surface area (Å²) in [6, 6.07) is 6.94. The van der Waals surface area contributed by atoms with Gasteiger partial charge in [-0.2, -0.15) is 0 Å². The van der Waals surface area contributed by atoms with Crippen LogP contribution < -0.4 is 10.6 Å². The second-order valence-electron chi connectivity index (χ2n) is 4.53. The van der Waals surface area contributed by atoms with Crippen molar-refractivity contribution < 1.29 is 24.3 Å². The SMILES string of the molecule is O=C(O)Cc1c[nH]c2ccccc12.O=C1CC(=O)NC(=O)N1. The molecule has 1 saturated heterocycles. The fourth-order valence-electron chi connectivity index (χ4n) is 1.96. The van der Waals surface area contributed by atoms with Gasteiger partial charge in [0.05, 0.1) is 6.42 Å². The maximum atomic E-state index is 10.5. The Labute approximate surface area is 124 Å². The standard InChI is InChI=1S/C10H9NO2.C4H4N2O3/c12-10(13)5-7-6-11-9-4-2-1-3-8(7)9;7-2-1-3(8)6-4(9)5-2/h1-4,6,11H,5H2,(H,12,13);1H2,(H2,5,6,7,8,9). The molecule has 114 valence electrons. The third-order valence-electron chi connectivity index (χ3n) is 2.84. The molecule has 0 saturated carbocycles. The van der Waals surface area contributed by atoms with Gasteiger partial charge in [0.25, 0.3) is 0 Å². The van der Waals surface area contributed by atoms with Crippen molar-refractivity contribution in [2.45, 2.75) is 12.8 Å². The number of aromatic nitrogens is 1. The average molecular weight is 303 g/mol. The number of carbonyl (C=O) groups excluding carboxylic acids is 3. The van der Waals surface area contributed by atoms with Crippen molar-refractivity contribution in [1.29, 1.82) is 0 Å². The van der Waals surface area contributed by atoms with Gasteiger partial charge >= 0.3 is 12.0 Å². The minimum Gasteiger partial charge on any atom is -0.481 e. The van der Waals surface area contributed by atoms with Gasteiger partial charge in [0.2, 0.25) is 11.8 Å². The number of H-pyrrole nitrogens is 1. The van der Waals surface area contributed by atoms with Gasteiger partial charge in [0.1, 0.15) is 6.42 Å². The van der Waals surface area contributed by atoms with Crippen molar-refractivity contribution in [3.63, 3.8) is 0 Å². The number of benzene rings is 1. The summed E-state index contributed by atoms with van der Waals surface area (Å²) in [5, 5.41) is 13.4. The lowest BCUT2D eigenvalue weighted by Gasteiger charge is -2.09. The van der Waals surface area contributed by atoms with E-state index in [1.165, 1.54) is 0 Å². The van der Waals surface area contributed by atoms with Crippen LogP contribution in [0.5, 0.6) is 0 Å². The normalized spacial score (nSPS) is 13.9. The number of aliphatic carboxylic acids is 1. The topological polar surface area (TPSA) is 128 Å². The molecule has 1 aliphatic heterocycles. The molecule has 0 spiro atoms. The van der Waals surface area contributed by atoms with E-state index in [-0.39, 0.29) is 12.8 Å². The number of para-hydroxylation sites is 1. The lowest BCUT2D eigenvalue weighted by molar-refractivity contribution is -0.136. The van der Waals surface area contributed by atoms with Crippen LogP contribution in [0.25, 0.3) is 10.9 Å². The van der Waals surface area contributed by atoms with E-state index in [1.54, 1.807) is 6.20 Å². The number of barbiturate groups is 1. The summed E-state index contributed by atoms with van der Waals surface area (Å²) >= 11 is 0. The van der Waals surface area contributed by atoms with Crippen LogP contribution in [-0.2, 0) is 20.8 Å². The number of urea groups is 1. The van der Waals surface area contributed by atoms with Crippen molar-refractivity contribution in [3.05, 3.63) is 36.0 Å². The van der Waals surface area contributed by atoms with Crippen LogP contribution in [0, 0.1) is 0 Å². The third kappa shape index (κ3) is 3.92. The number of carbonyl (C=O) groups is 4. The van der Waals surface area contributed by atoms with Crippen molar-refractivity contribution >= 4 is 34.7 Å². The Morgan fingerprint density at radius 3 is 2.32 bits per heavy atom. The van der Waals surface area contributed by atoms with Crippen LogP contribution in [0.1, 0.15) is 12.0 Å². The van der Waals surface area contributed by atoms with Gasteiger partial charge in [-0.1, -0.05) is 18.2 Å². The van der Waals surface area contributed by atoms with Crippen molar-refractivity contribution in [1.82, 2.24) is 15.6 Å². The molecule has 8 nitrogen and oxygen atoms in total. The number of hydrogen-bond donors (Lipinski definition) is 4. The molecular formula is C14H13N3O5. The first-order chi connectivity index (χ1) is 10.5. The van der Waals surface area contributed by atoms with E-state index in [0.29, 0.717) is 0 Å². The quantitative estimate of drug-likeness (QED) is 0.602. The summed E-state index contributed by atoms with van der Waals surface area (Å²) < 4.78 is 0. The molecular weight excluding hydrogens is 290 g/mol. The minimum atomic E-state index is -0.801. The summed E-state index contributed by atoms with van der Waals surface area (Å²) in [5.74, 6) is -1.91. The molecule has 0 radical (unpaired) electrons. The van der Waals surface area contributed by atoms with Crippen LogP contribution in [-0.4, -0.2) is 33.9 Å². The number of carboxylic acids is 1. The van der Waals surface area contributed by atoms with E-state index < -0.39 is 23.8 Å². The second kappa shape index (κ2) is 6.53. The molecule has 2 heterocycles. The van der Waals surface area contributed by atoms with Crippen LogP contribution >= 0.6 is 0 Å². The molecule has 1 fully saturated rings. The number of nitrogens with one attached hydrogen (secondary N) is 3. The molecule has 1 aromatic carbocycles. The maximum absolute atomic E-state index is 10.5. The highest BCUT2D eigenvalue weighted by atomic mass is 16.4. The molecule has 1 aliphatic rings. The highest BCUT2D eigenvalue weighted by Gasteiger charge is 2.20. The first kappa shape index (κ1) is 15.2. The zero-order valence-electron chi connectivity index (χ0n) is 11.4. The number of amides is 4. The first-order valence-corrected chi connectivity index (χ1v) is 6.36. The van der Waals surface area contributed by atoms with Gasteiger partial charge in [0, 0.05) is 17.1 Å². The molecule has 4 N–H and O–H groups in total. The fraction of sp³-hybridized carbons (Fsp3) is 0.143. The molecule has 3 rings (SSSR count). The molecule has 0 bridgehead atoms. The molecule has 4 amide bonds. The second-order valence-corrected chi connectivity index (χ2v) is 4.53. The summed E-state index contributed by atoms with van der Waals surface area (Å²) in [4.78, 5) is 44.3. The Kier molecular flexibility index (Phi) is 4.52. The van der Waals surface area contributed by atoms with Crippen LogP contribution in [0.4, 0.5) is 4.79 Å². The van der Waals surface area contributed by atoms with Gasteiger partial charge in [0.15, 0.2) is 0 Å². The summed E-state index contributed by atoms with van der Waals surface area (Å²) in [7, 11) is 0. The lowest BCUT2D eigenvalue weighted by Crippen LogP contribution is -2.49. The van der Waals surface area contributed by atoms with Gasteiger partial charge in [-0.25, -0.2) is 4.79 Å². The molecule has 1 aromatic heterocycles. The first-order valence-electron chi connectivity index (χ1n) is 6.36. The molecule has 0 unspecified atom stereocenters. The Morgan fingerprint density at radius 1 is 1.09 bits per heavy atom. The van der Waals surface area contributed by atoms with Crippen molar-refractivity contribution in [2.24, 2.45) is 0 Å². The fourth-order valence-corrected chi connectivity index (χ4v) is 1.96. The van der Waals surface area contributed by atoms with Crippen molar-refractivity contribution in [2.75, 3.05) is 0 Å². The smallest absolute Gasteiger partial charge is 0.328 e. The zero-order valence-corrected chi connectivity index (χ0v) is 11.4. The summed E-state index contributed by atoms with van der Waals surface area (Å²) in [6.07, 6.45) is 1.56. The van der Waals surface area contributed by atoms with Gasteiger partial charge in [-0.05, 0) is 11.6 Å². The number of imide groups is 2. The zero-order chi connectivity index (χ0) is 16.1. The predicted molar refractivity (Wildman–Crippen MR) is 75.9 cm³/mol. The molecule has 0 aliphatic carbocycles. The number of carboxylic acid groups (broad SMARTS) is 1. The van der Waals surface area contributed by atoms with E-state index >= 15 is 0 Å². The molecule has 22 heavy (non-hydrogen) atoms. The molecule has 2 aromatic rings. The van der Waals surface area contributed by atoms with Gasteiger partial charge < -0.3 is 10.1 Å². The van der Waals surface area contributed by atoms with Gasteiger partial charge in [-0.15, -0.1) is 0 Å². The number of aromatic amines is 1. The summed E-state index contributed by atoms with van der Waals surface area (Å²) in [6.45, 7) is 0. The Morgan fingerprint density at radius 2 is 1.73 bits per heavy atom. The predicted octanol–water partition coefficient (Wildman–Crippen LogP) is 0.537.